The molecule has 1 aromatic heterocycles. The molecule has 0 aliphatic carbocycles. The second-order valence-electron chi connectivity index (χ2n) is 6.71. The molecule has 0 radical (unpaired) electrons. The molecule has 1 aliphatic heterocycles. The molecule has 5 heteroatoms. The first-order valence-corrected chi connectivity index (χ1v) is 8.87. The van der Waals surface area contributed by atoms with E-state index in [1.165, 1.54) is 0 Å². The summed E-state index contributed by atoms with van der Waals surface area (Å²) in [5.74, 6) is 0.0274. The number of rotatable bonds is 3. The van der Waals surface area contributed by atoms with E-state index in [2.05, 4.69) is 34.3 Å². The van der Waals surface area contributed by atoms with Gasteiger partial charge in [-0.05, 0) is 12.6 Å². The quantitative estimate of drug-likeness (QED) is 0.792. The fourth-order valence-electron chi connectivity index (χ4n) is 3.55. The Hall–Kier alpha value is -2.92. The summed E-state index contributed by atoms with van der Waals surface area (Å²) in [7, 11) is 2.10. The third kappa shape index (κ3) is 3.13. The molecular weight excluding hydrogens is 324 g/mol. The molecule has 1 N–H and O–H groups in total. The largest absolute Gasteiger partial charge is 0.329 e. The van der Waals surface area contributed by atoms with Crippen molar-refractivity contribution in [2.45, 2.75) is 6.04 Å². The first-order valence-electron chi connectivity index (χ1n) is 8.87. The van der Waals surface area contributed by atoms with Gasteiger partial charge in [0, 0.05) is 25.2 Å². The van der Waals surface area contributed by atoms with Gasteiger partial charge < -0.3 is 9.80 Å². The van der Waals surface area contributed by atoms with Crippen LogP contribution in [0.25, 0.3) is 11.3 Å². The first kappa shape index (κ1) is 16.5. The maximum absolute atomic E-state index is 13.4. The van der Waals surface area contributed by atoms with Crippen molar-refractivity contribution in [3.63, 3.8) is 0 Å². The van der Waals surface area contributed by atoms with Gasteiger partial charge in [-0.25, -0.2) is 0 Å². The Morgan fingerprint density at radius 3 is 2.46 bits per heavy atom. The Balaban J connectivity index is 1.68. The molecule has 0 unspecified atom stereocenters. The van der Waals surface area contributed by atoms with Gasteiger partial charge >= 0.3 is 0 Å². The monoisotopic (exact) mass is 346 g/mol. The standard InChI is InChI=1S/C21H22N4O/c1-24-12-13-25(19(15-24)16-8-4-2-5-9-16)21(26)18-14-22-23-20(18)17-10-6-3-7-11-17/h2-11,14,19H,12-13,15H2,1H3,(H,22,23)/t19-/m1/s1. The number of nitrogens with one attached hydrogen (secondary N) is 1. The summed E-state index contributed by atoms with van der Waals surface area (Å²) in [6.45, 7) is 2.40. The van der Waals surface area contributed by atoms with Gasteiger partial charge in [0.05, 0.1) is 23.5 Å². The molecule has 0 spiro atoms. The highest BCUT2D eigenvalue weighted by Gasteiger charge is 2.32. The zero-order chi connectivity index (χ0) is 17.9. The van der Waals surface area contributed by atoms with Crippen LogP contribution >= 0.6 is 0 Å². The Kier molecular flexibility index (Phi) is 4.54. The van der Waals surface area contributed by atoms with Gasteiger partial charge in [-0.15, -0.1) is 0 Å². The third-order valence-corrected chi connectivity index (χ3v) is 4.96. The highest BCUT2D eigenvalue weighted by Crippen LogP contribution is 2.29. The van der Waals surface area contributed by atoms with E-state index in [4.69, 9.17) is 0 Å². The van der Waals surface area contributed by atoms with Gasteiger partial charge in [-0.3, -0.25) is 9.89 Å². The molecule has 1 amide bonds. The summed E-state index contributed by atoms with van der Waals surface area (Å²) in [6.07, 6.45) is 1.64. The second kappa shape index (κ2) is 7.14. The summed E-state index contributed by atoms with van der Waals surface area (Å²) in [5, 5.41) is 7.14. The van der Waals surface area contributed by atoms with Crippen molar-refractivity contribution in [2.75, 3.05) is 26.7 Å². The lowest BCUT2D eigenvalue weighted by Crippen LogP contribution is -2.49. The summed E-state index contributed by atoms with van der Waals surface area (Å²) in [4.78, 5) is 17.6. The zero-order valence-corrected chi connectivity index (χ0v) is 14.8. The van der Waals surface area contributed by atoms with Crippen LogP contribution in [-0.4, -0.2) is 52.6 Å². The SMILES string of the molecule is CN1CCN(C(=O)c2cn[nH]c2-c2ccccc2)[C@@H](c2ccccc2)C1. The average Bonchev–Trinajstić information content (AvgIpc) is 3.19. The Morgan fingerprint density at radius 1 is 1.04 bits per heavy atom. The van der Waals surface area contributed by atoms with Crippen LogP contribution in [0.2, 0.25) is 0 Å². The highest BCUT2D eigenvalue weighted by molar-refractivity contribution is 6.00. The number of likely N-dealkylation sites (N-methyl/N-ethyl adjacent to an activating group) is 1. The molecule has 26 heavy (non-hydrogen) atoms. The molecule has 3 aromatic rings. The number of piperazine rings is 1. The number of carbonyl (C=O) groups excluding carboxylic acids is 1. The van der Waals surface area contributed by atoms with Crippen molar-refractivity contribution in [3.8, 4) is 11.3 Å². The summed E-state index contributed by atoms with van der Waals surface area (Å²) >= 11 is 0. The molecule has 4 rings (SSSR count). The molecule has 5 nitrogen and oxygen atoms in total. The topological polar surface area (TPSA) is 52.2 Å². The Morgan fingerprint density at radius 2 is 1.73 bits per heavy atom. The Labute approximate surface area is 153 Å². The number of nitrogens with zero attached hydrogens (tertiary/aromatic N) is 3. The van der Waals surface area contributed by atoms with E-state index in [0.29, 0.717) is 12.1 Å². The van der Waals surface area contributed by atoms with Gasteiger partial charge in [-0.1, -0.05) is 60.7 Å². The number of amides is 1. The molecule has 1 atom stereocenters. The summed E-state index contributed by atoms with van der Waals surface area (Å²) in [6, 6.07) is 20.2. The molecule has 1 fully saturated rings. The summed E-state index contributed by atoms with van der Waals surface area (Å²) < 4.78 is 0. The maximum Gasteiger partial charge on any atom is 0.258 e. The fourth-order valence-corrected chi connectivity index (χ4v) is 3.55. The van der Waals surface area contributed by atoms with Gasteiger partial charge in [0.2, 0.25) is 0 Å². The van der Waals surface area contributed by atoms with Crippen molar-refractivity contribution in [1.82, 2.24) is 20.0 Å². The van der Waals surface area contributed by atoms with E-state index < -0.39 is 0 Å². The number of aromatic nitrogens is 2. The number of carbonyl (C=O) groups is 1. The van der Waals surface area contributed by atoms with Crippen molar-refractivity contribution >= 4 is 5.91 Å². The number of benzene rings is 2. The van der Waals surface area contributed by atoms with Crippen LogP contribution < -0.4 is 0 Å². The maximum atomic E-state index is 13.4. The Bertz CT molecular complexity index is 875. The zero-order valence-electron chi connectivity index (χ0n) is 14.8. The van der Waals surface area contributed by atoms with Crippen LogP contribution in [0.15, 0.2) is 66.9 Å². The lowest BCUT2D eigenvalue weighted by molar-refractivity contribution is 0.0499. The third-order valence-electron chi connectivity index (χ3n) is 4.96. The van der Waals surface area contributed by atoms with Gasteiger partial charge in [0.25, 0.3) is 5.91 Å². The highest BCUT2D eigenvalue weighted by atomic mass is 16.2. The second-order valence-corrected chi connectivity index (χ2v) is 6.71. The summed E-state index contributed by atoms with van der Waals surface area (Å²) in [5.41, 5.74) is 3.54. The van der Waals surface area contributed by atoms with Crippen molar-refractivity contribution < 1.29 is 4.79 Å². The molecular formula is C21H22N4O. The lowest BCUT2D eigenvalue weighted by atomic mass is 10.0. The molecule has 1 aliphatic rings. The minimum atomic E-state index is 0.0274. The average molecular weight is 346 g/mol. The van der Waals surface area contributed by atoms with Crippen molar-refractivity contribution in [2.24, 2.45) is 0 Å². The minimum Gasteiger partial charge on any atom is -0.329 e. The molecule has 0 saturated carbocycles. The number of H-pyrrole nitrogens is 1. The van der Waals surface area contributed by atoms with Crippen molar-refractivity contribution in [1.29, 1.82) is 0 Å². The van der Waals surface area contributed by atoms with E-state index in [-0.39, 0.29) is 11.9 Å². The van der Waals surface area contributed by atoms with Gasteiger partial charge in [0.1, 0.15) is 0 Å². The van der Waals surface area contributed by atoms with E-state index in [1.54, 1.807) is 6.20 Å². The van der Waals surface area contributed by atoms with Gasteiger partial charge in [-0.2, -0.15) is 5.10 Å². The smallest absolute Gasteiger partial charge is 0.258 e. The molecule has 132 valence electrons. The minimum absolute atomic E-state index is 0.0274. The normalized spacial score (nSPS) is 18.0. The van der Waals surface area contributed by atoms with E-state index in [9.17, 15) is 4.79 Å². The molecule has 2 aromatic carbocycles. The van der Waals surface area contributed by atoms with Crippen LogP contribution in [0.3, 0.4) is 0 Å². The van der Waals surface area contributed by atoms with Gasteiger partial charge in [0.15, 0.2) is 0 Å². The van der Waals surface area contributed by atoms with Crippen molar-refractivity contribution in [3.05, 3.63) is 78.0 Å². The molecule has 0 bridgehead atoms. The predicted octanol–water partition coefficient (Wildman–Crippen LogP) is 3.21. The predicted molar refractivity (Wildman–Crippen MR) is 102 cm³/mol. The number of hydrogen-bond donors (Lipinski definition) is 1. The lowest BCUT2D eigenvalue weighted by Gasteiger charge is -2.40. The van der Waals surface area contributed by atoms with E-state index in [1.807, 2.05) is 53.4 Å². The van der Waals surface area contributed by atoms with Crippen LogP contribution in [0.5, 0.6) is 0 Å². The van der Waals surface area contributed by atoms with Crippen LogP contribution in [0.1, 0.15) is 22.0 Å². The van der Waals surface area contributed by atoms with Crippen LogP contribution in [0.4, 0.5) is 0 Å². The fraction of sp³-hybridized carbons (Fsp3) is 0.238. The van der Waals surface area contributed by atoms with E-state index in [0.717, 1.165) is 29.9 Å². The first-order chi connectivity index (χ1) is 12.7. The molecule has 2 heterocycles. The number of hydrogen-bond acceptors (Lipinski definition) is 3. The van der Waals surface area contributed by atoms with Crippen LogP contribution in [0, 0.1) is 0 Å². The molecule has 1 saturated heterocycles. The van der Waals surface area contributed by atoms with E-state index >= 15 is 0 Å². The van der Waals surface area contributed by atoms with Crippen LogP contribution in [-0.2, 0) is 0 Å². The number of aromatic amines is 1.